The van der Waals surface area contributed by atoms with Crippen molar-refractivity contribution < 1.29 is 13.2 Å². The first kappa shape index (κ1) is 15.0. The maximum absolute atomic E-state index is 12.3. The van der Waals surface area contributed by atoms with Gasteiger partial charge in [0.1, 0.15) is 5.75 Å². The Labute approximate surface area is 119 Å². The van der Waals surface area contributed by atoms with Crippen LogP contribution in [0.4, 0.5) is 0 Å². The highest BCUT2D eigenvalue weighted by molar-refractivity contribution is 7.92. The highest BCUT2D eigenvalue weighted by Gasteiger charge is 2.30. The van der Waals surface area contributed by atoms with Gasteiger partial charge in [-0.05, 0) is 26.7 Å². The molecule has 0 aromatic carbocycles. The average Bonchev–Trinajstić information content (AvgIpc) is 2.66. The summed E-state index contributed by atoms with van der Waals surface area (Å²) >= 11 is 0. The lowest BCUT2D eigenvalue weighted by Gasteiger charge is -2.25. The van der Waals surface area contributed by atoms with Crippen LogP contribution in [0.3, 0.4) is 0 Å². The van der Waals surface area contributed by atoms with Crippen molar-refractivity contribution in [3.05, 3.63) is 11.4 Å². The molecule has 7 heteroatoms. The summed E-state index contributed by atoms with van der Waals surface area (Å²) in [6.07, 6.45) is 5.28. The van der Waals surface area contributed by atoms with Gasteiger partial charge in [0.25, 0.3) is 0 Å². The predicted octanol–water partition coefficient (Wildman–Crippen LogP) is 1.26. The topological polar surface area (TPSA) is 95.1 Å². The molecule has 1 aliphatic carbocycles. The maximum atomic E-state index is 12.3. The normalized spacial score (nSPS) is 17.3. The number of amides is 1. The zero-order valence-corrected chi connectivity index (χ0v) is 12.7. The van der Waals surface area contributed by atoms with Gasteiger partial charge in [0.2, 0.25) is 20.9 Å². The van der Waals surface area contributed by atoms with Gasteiger partial charge in [0, 0.05) is 11.7 Å². The number of aromatic nitrogens is 2. The van der Waals surface area contributed by atoms with Gasteiger partial charge in [-0.2, -0.15) is 0 Å². The van der Waals surface area contributed by atoms with E-state index in [0.717, 1.165) is 31.4 Å². The number of hydrogen-bond acceptors (Lipinski definition) is 4. The lowest BCUT2D eigenvalue weighted by Crippen LogP contribution is -2.27. The molecule has 2 rings (SSSR count). The summed E-state index contributed by atoms with van der Waals surface area (Å²) in [5.41, 5.74) is 6.59. The molecule has 1 aromatic rings. The van der Waals surface area contributed by atoms with E-state index in [-0.39, 0.29) is 11.2 Å². The molecule has 6 nitrogen and oxygen atoms in total. The quantitative estimate of drug-likeness (QED) is 0.905. The number of nitrogens with two attached hydrogens (primary N) is 1. The van der Waals surface area contributed by atoms with Crippen LogP contribution in [-0.2, 0) is 14.6 Å². The molecule has 1 saturated carbocycles. The van der Waals surface area contributed by atoms with Crippen LogP contribution in [0.25, 0.3) is 0 Å². The van der Waals surface area contributed by atoms with Crippen molar-refractivity contribution in [2.45, 2.75) is 57.1 Å². The molecule has 0 unspecified atom stereocenters. The van der Waals surface area contributed by atoms with Crippen LogP contribution in [0.5, 0.6) is 0 Å². The van der Waals surface area contributed by atoms with Gasteiger partial charge in [-0.15, -0.1) is 0 Å². The van der Waals surface area contributed by atoms with Gasteiger partial charge >= 0.3 is 0 Å². The van der Waals surface area contributed by atoms with Gasteiger partial charge < -0.3 is 10.3 Å². The fraction of sp³-hybridized carbons (Fsp3) is 0.692. The van der Waals surface area contributed by atoms with E-state index in [1.165, 1.54) is 6.42 Å². The average molecular weight is 299 g/mol. The molecule has 0 radical (unpaired) electrons. The Bertz CT molecular complexity index is 613. The van der Waals surface area contributed by atoms with Crippen molar-refractivity contribution in [3.8, 4) is 0 Å². The second-order valence-electron chi connectivity index (χ2n) is 5.45. The van der Waals surface area contributed by atoms with E-state index in [0.29, 0.717) is 5.69 Å². The first-order chi connectivity index (χ1) is 9.33. The molecule has 1 aromatic heterocycles. The number of aryl methyl sites for hydroxylation is 1. The Balaban J connectivity index is 2.48. The third-order valence-electron chi connectivity index (χ3n) is 3.90. The molecule has 20 heavy (non-hydrogen) atoms. The van der Waals surface area contributed by atoms with E-state index in [4.69, 9.17) is 5.73 Å². The van der Waals surface area contributed by atoms with Crippen molar-refractivity contribution in [1.29, 1.82) is 0 Å². The Kier molecular flexibility index (Phi) is 4.17. The zero-order valence-electron chi connectivity index (χ0n) is 11.9. The predicted molar refractivity (Wildman–Crippen MR) is 75.1 cm³/mol. The SMILES string of the molecule is Cc1nc(S(=O)(=O)CC(N)=O)n(C2CCCCC2)c1C. The molecule has 0 saturated heterocycles. The highest BCUT2D eigenvalue weighted by atomic mass is 32.2. The fourth-order valence-corrected chi connectivity index (χ4v) is 4.20. The molecule has 1 heterocycles. The van der Waals surface area contributed by atoms with Crippen LogP contribution in [0.1, 0.15) is 49.5 Å². The van der Waals surface area contributed by atoms with Gasteiger partial charge in [-0.1, -0.05) is 19.3 Å². The van der Waals surface area contributed by atoms with Crippen molar-refractivity contribution in [1.82, 2.24) is 9.55 Å². The maximum Gasteiger partial charge on any atom is 0.233 e. The number of carbonyl (C=O) groups is 1. The van der Waals surface area contributed by atoms with E-state index in [1.54, 1.807) is 11.5 Å². The number of sulfone groups is 1. The van der Waals surface area contributed by atoms with Crippen LogP contribution in [-0.4, -0.2) is 29.6 Å². The second kappa shape index (κ2) is 5.55. The van der Waals surface area contributed by atoms with E-state index in [2.05, 4.69) is 4.98 Å². The Morgan fingerprint density at radius 3 is 2.45 bits per heavy atom. The monoisotopic (exact) mass is 299 g/mol. The smallest absolute Gasteiger partial charge is 0.233 e. The number of rotatable bonds is 4. The molecule has 1 aliphatic rings. The Morgan fingerprint density at radius 2 is 1.90 bits per heavy atom. The molecule has 1 fully saturated rings. The number of hydrogen-bond donors (Lipinski definition) is 1. The standard InChI is InChI=1S/C13H21N3O3S/c1-9-10(2)16(11-6-4-3-5-7-11)13(15-9)20(18,19)8-12(14)17/h11H,3-8H2,1-2H3,(H2,14,17). The number of imidazole rings is 1. The number of carbonyl (C=O) groups excluding carboxylic acids is 1. The first-order valence-corrected chi connectivity index (χ1v) is 8.54. The summed E-state index contributed by atoms with van der Waals surface area (Å²) < 4.78 is 26.4. The molecule has 0 bridgehead atoms. The molecule has 1 amide bonds. The molecule has 0 aliphatic heterocycles. The molecular formula is C13H21N3O3S. The summed E-state index contributed by atoms with van der Waals surface area (Å²) in [6.45, 7) is 3.66. The number of nitrogens with zero attached hydrogens (tertiary/aromatic N) is 2. The molecule has 2 N–H and O–H groups in total. The third-order valence-corrected chi connectivity index (χ3v) is 5.41. The van der Waals surface area contributed by atoms with E-state index >= 15 is 0 Å². The molecule has 112 valence electrons. The minimum absolute atomic E-state index is 0.00167. The Hall–Kier alpha value is -1.37. The van der Waals surface area contributed by atoms with Crippen LogP contribution in [0, 0.1) is 13.8 Å². The summed E-state index contributed by atoms with van der Waals surface area (Å²) in [5, 5.41) is -0.00167. The third kappa shape index (κ3) is 2.87. The summed E-state index contributed by atoms with van der Waals surface area (Å²) in [6, 6.07) is 0.155. The summed E-state index contributed by atoms with van der Waals surface area (Å²) in [7, 11) is -3.76. The lowest BCUT2D eigenvalue weighted by molar-refractivity contribution is -0.115. The van der Waals surface area contributed by atoms with Crippen molar-refractivity contribution in [2.75, 3.05) is 5.75 Å². The second-order valence-corrected chi connectivity index (χ2v) is 7.34. The Morgan fingerprint density at radius 1 is 1.30 bits per heavy atom. The summed E-state index contributed by atoms with van der Waals surface area (Å²) in [4.78, 5) is 15.2. The minimum Gasteiger partial charge on any atom is -0.369 e. The van der Waals surface area contributed by atoms with Crippen LogP contribution in [0.15, 0.2) is 5.16 Å². The first-order valence-electron chi connectivity index (χ1n) is 6.89. The van der Waals surface area contributed by atoms with Crippen LogP contribution < -0.4 is 5.73 Å². The molecule has 0 spiro atoms. The van der Waals surface area contributed by atoms with E-state index in [1.807, 2.05) is 6.92 Å². The van der Waals surface area contributed by atoms with Crippen molar-refractivity contribution >= 4 is 15.7 Å². The van der Waals surface area contributed by atoms with Gasteiger partial charge in [-0.3, -0.25) is 4.79 Å². The minimum atomic E-state index is -3.76. The van der Waals surface area contributed by atoms with Gasteiger partial charge in [-0.25, -0.2) is 13.4 Å². The van der Waals surface area contributed by atoms with Crippen molar-refractivity contribution in [2.24, 2.45) is 5.73 Å². The lowest BCUT2D eigenvalue weighted by atomic mass is 9.95. The van der Waals surface area contributed by atoms with Gasteiger partial charge in [0.15, 0.2) is 0 Å². The number of primary amides is 1. The molecular weight excluding hydrogens is 278 g/mol. The van der Waals surface area contributed by atoms with Crippen LogP contribution >= 0.6 is 0 Å². The summed E-state index contributed by atoms with van der Waals surface area (Å²) in [5.74, 6) is -1.53. The van der Waals surface area contributed by atoms with E-state index < -0.39 is 21.5 Å². The van der Waals surface area contributed by atoms with Crippen LogP contribution in [0.2, 0.25) is 0 Å². The van der Waals surface area contributed by atoms with Gasteiger partial charge in [0.05, 0.1) is 5.69 Å². The largest absolute Gasteiger partial charge is 0.369 e. The zero-order chi connectivity index (χ0) is 14.9. The van der Waals surface area contributed by atoms with Crippen molar-refractivity contribution in [3.63, 3.8) is 0 Å². The fourth-order valence-electron chi connectivity index (χ4n) is 2.84. The molecule has 0 atom stereocenters. The van der Waals surface area contributed by atoms with E-state index in [9.17, 15) is 13.2 Å². The highest BCUT2D eigenvalue weighted by Crippen LogP contribution is 2.32.